The molecule has 0 fully saturated rings. The van der Waals surface area contributed by atoms with E-state index in [2.05, 4.69) is 15.6 Å². The Morgan fingerprint density at radius 1 is 1.03 bits per heavy atom. The lowest BCUT2D eigenvalue weighted by Crippen LogP contribution is -2.21. The van der Waals surface area contributed by atoms with E-state index in [-0.39, 0.29) is 28.7 Å². The van der Waals surface area contributed by atoms with Crippen molar-refractivity contribution in [3.8, 4) is 0 Å². The number of aromatic nitrogens is 1. The lowest BCUT2D eigenvalue weighted by atomic mass is 10.0. The largest absolute Gasteiger partial charge is 0.419 e. The summed E-state index contributed by atoms with van der Waals surface area (Å²) in [5, 5.41) is 5.23. The van der Waals surface area contributed by atoms with E-state index in [1.54, 1.807) is 12.1 Å². The number of aryl methyl sites for hydroxylation is 1. The number of pyridine rings is 1. The molecule has 1 heterocycles. The number of alkyl halides is 3. The molecule has 1 atom stereocenters. The van der Waals surface area contributed by atoms with E-state index < -0.39 is 23.6 Å². The number of nitrogens with one attached hydrogen (secondary N) is 2. The van der Waals surface area contributed by atoms with Crippen LogP contribution in [-0.4, -0.2) is 16.8 Å². The molecule has 0 bridgehead atoms. The van der Waals surface area contributed by atoms with Gasteiger partial charge in [0.25, 0.3) is 5.91 Å². The van der Waals surface area contributed by atoms with Gasteiger partial charge in [-0.15, -0.1) is 0 Å². The molecule has 4 N–H and O–H groups in total. The molecule has 6 nitrogen and oxygen atoms in total. The van der Waals surface area contributed by atoms with Gasteiger partial charge in [-0.1, -0.05) is 36.4 Å². The molecule has 164 valence electrons. The van der Waals surface area contributed by atoms with Gasteiger partial charge in [-0.2, -0.15) is 13.2 Å². The zero-order chi connectivity index (χ0) is 22.9. The van der Waals surface area contributed by atoms with Crippen molar-refractivity contribution >= 4 is 29.0 Å². The summed E-state index contributed by atoms with van der Waals surface area (Å²) in [4.78, 5) is 28.3. The summed E-state index contributed by atoms with van der Waals surface area (Å²) in [6.45, 7) is 0. The van der Waals surface area contributed by atoms with E-state index in [1.807, 2.05) is 24.3 Å². The molecule has 0 radical (unpaired) electrons. The van der Waals surface area contributed by atoms with Gasteiger partial charge in [0, 0.05) is 12.3 Å². The minimum Gasteiger partial charge on any atom is -0.366 e. The number of halogens is 3. The number of amides is 2. The average Bonchev–Trinajstić information content (AvgIpc) is 3.17. The standard InChI is InChI=1S/C23H19F3N4O2/c24-23(25,26)17-12-28-20(11-19(17)29-18-8-4-3-7-16(18)21(27)31)30-22(32)15-10-9-13-5-1-2-6-14(13)15/h1-8,11-12,15H,9-10H2,(H2,27,31)(H2,28,29,30,32). The molecule has 4 rings (SSSR count). The predicted octanol–water partition coefficient (Wildman–Crippen LogP) is 4.61. The zero-order valence-electron chi connectivity index (χ0n) is 16.7. The van der Waals surface area contributed by atoms with Gasteiger partial charge in [-0.25, -0.2) is 4.98 Å². The fraction of sp³-hybridized carbons (Fsp3) is 0.174. The molecule has 1 aromatic heterocycles. The van der Waals surface area contributed by atoms with Gasteiger partial charge >= 0.3 is 6.18 Å². The second-order valence-corrected chi connectivity index (χ2v) is 7.43. The van der Waals surface area contributed by atoms with Crippen molar-refractivity contribution in [3.63, 3.8) is 0 Å². The summed E-state index contributed by atoms with van der Waals surface area (Å²) < 4.78 is 40.7. The molecule has 9 heteroatoms. The van der Waals surface area contributed by atoms with Crippen LogP contribution >= 0.6 is 0 Å². The maximum atomic E-state index is 13.6. The Labute approximate surface area is 181 Å². The van der Waals surface area contributed by atoms with Crippen molar-refractivity contribution in [3.05, 3.63) is 83.0 Å². The van der Waals surface area contributed by atoms with Gasteiger partial charge in [-0.05, 0) is 36.1 Å². The summed E-state index contributed by atoms with van der Waals surface area (Å²) in [6.07, 6.45) is -2.69. The highest BCUT2D eigenvalue weighted by Gasteiger charge is 2.35. The average molecular weight is 440 g/mol. The summed E-state index contributed by atoms with van der Waals surface area (Å²) >= 11 is 0. The van der Waals surface area contributed by atoms with Gasteiger partial charge in [0.1, 0.15) is 5.82 Å². The van der Waals surface area contributed by atoms with Crippen LogP contribution in [0.1, 0.15) is 39.4 Å². The van der Waals surface area contributed by atoms with Crippen molar-refractivity contribution in [1.29, 1.82) is 0 Å². The fourth-order valence-electron chi connectivity index (χ4n) is 3.85. The van der Waals surface area contributed by atoms with Gasteiger partial charge in [0.2, 0.25) is 5.91 Å². The van der Waals surface area contributed by atoms with Crippen LogP contribution in [-0.2, 0) is 17.4 Å². The quantitative estimate of drug-likeness (QED) is 0.540. The number of benzene rings is 2. The number of nitrogens with zero attached hydrogens (tertiary/aromatic N) is 1. The first kappa shape index (κ1) is 21.4. The number of rotatable bonds is 5. The number of anilines is 3. The van der Waals surface area contributed by atoms with E-state index in [0.717, 1.165) is 23.6 Å². The number of hydrogen-bond donors (Lipinski definition) is 3. The Morgan fingerprint density at radius 2 is 1.75 bits per heavy atom. The molecule has 32 heavy (non-hydrogen) atoms. The summed E-state index contributed by atoms with van der Waals surface area (Å²) in [6, 6.07) is 14.6. The third-order valence-electron chi connectivity index (χ3n) is 5.37. The first-order chi connectivity index (χ1) is 15.2. The van der Waals surface area contributed by atoms with Crippen molar-refractivity contribution in [1.82, 2.24) is 4.98 Å². The van der Waals surface area contributed by atoms with E-state index in [4.69, 9.17) is 5.73 Å². The highest BCUT2D eigenvalue weighted by atomic mass is 19.4. The highest BCUT2D eigenvalue weighted by molar-refractivity contribution is 5.99. The topological polar surface area (TPSA) is 97.1 Å². The third kappa shape index (κ3) is 4.27. The minimum absolute atomic E-state index is 0.0329. The lowest BCUT2D eigenvalue weighted by Gasteiger charge is -2.18. The molecular weight excluding hydrogens is 421 g/mol. The van der Waals surface area contributed by atoms with E-state index in [1.165, 1.54) is 12.1 Å². The Hall–Kier alpha value is -3.88. The number of carbonyl (C=O) groups excluding carboxylic acids is 2. The van der Waals surface area contributed by atoms with Crippen LogP contribution < -0.4 is 16.4 Å². The second kappa shape index (κ2) is 8.33. The molecule has 1 aliphatic carbocycles. The number of primary amides is 1. The summed E-state index contributed by atoms with van der Waals surface area (Å²) in [5.74, 6) is -1.57. The van der Waals surface area contributed by atoms with Crippen LogP contribution in [0.2, 0.25) is 0 Å². The molecule has 3 aromatic rings. The van der Waals surface area contributed by atoms with Crippen LogP contribution in [0.15, 0.2) is 60.8 Å². The first-order valence-corrected chi connectivity index (χ1v) is 9.86. The van der Waals surface area contributed by atoms with Crippen molar-refractivity contribution in [2.75, 3.05) is 10.6 Å². The van der Waals surface area contributed by atoms with Gasteiger partial charge in [0.15, 0.2) is 0 Å². The van der Waals surface area contributed by atoms with Crippen LogP contribution in [0.4, 0.5) is 30.4 Å². The summed E-state index contributed by atoms with van der Waals surface area (Å²) in [5.41, 5.74) is 6.06. The molecular formula is C23H19F3N4O2. The predicted molar refractivity (Wildman–Crippen MR) is 114 cm³/mol. The van der Waals surface area contributed by atoms with Crippen molar-refractivity contribution in [2.45, 2.75) is 24.9 Å². The smallest absolute Gasteiger partial charge is 0.366 e. The summed E-state index contributed by atoms with van der Waals surface area (Å²) in [7, 11) is 0. The molecule has 1 aliphatic rings. The van der Waals surface area contributed by atoms with Crippen LogP contribution in [0.3, 0.4) is 0 Å². The Kier molecular flexibility index (Phi) is 5.56. The zero-order valence-corrected chi connectivity index (χ0v) is 16.7. The monoisotopic (exact) mass is 440 g/mol. The molecule has 2 amide bonds. The lowest BCUT2D eigenvalue weighted by molar-refractivity contribution is -0.137. The molecule has 0 aliphatic heterocycles. The molecule has 2 aromatic carbocycles. The normalized spacial score (nSPS) is 15.2. The molecule has 0 saturated carbocycles. The number of hydrogen-bond acceptors (Lipinski definition) is 4. The highest BCUT2D eigenvalue weighted by Crippen LogP contribution is 2.38. The van der Waals surface area contributed by atoms with Gasteiger partial charge < -0.3 is 16.4 Å². The van der Waals surface area contributed by atoms with Crippen molar-refractivity contribution in [2.24, 2.45) is 5.73 Å². The number of fused-ring (bicyclic) bond motifs is 1. The second-order valence-electron chi connectivity index (χ2n) is 7.43. The molecule has 1 unspecified atom stereocenters. The minimum atomic E-state index is -4.70. The van der Waals surface area contributed by atoms with E-state index in [9.17, 15) is 22.8 Å². The Bertz CT molecular complexity index is 1190. The van der Waals surface area contributed by atoms with E-state index in [0.29, 0.717) is 12.6 Å². The molecule has 0 spiro atoms. The van der Waals surface area contributed by atoms with Crippen LogP contribution in [0.5, 0.6) is 0 Å². The SMILES string of the molecule is NC(=O)c1ccccc1Nc1cc(NC(=O)C2CCc3ccccc32)ncc1C(F)(F)F. The third-order valence-corrected chi connectivity index (χ3v) is 5.37. The van der Waals surface area contributed by atoms with Gasteiger partial charge in [-0.3, -0.25) is 9.59 Å². The Morgan fingerprint density at radius 3 is 2.50 bits per heavy atom. The molecule has 0 saturated heterocycles. The number of para-hydroxylation sites is 1. The van der Waals surface area contributed by atoms with Crippen LogP contribution in [0.25, 0.3) is 0 Å². The number of carbonyl (C=O) groups is 2. The Balaban J connectivity index is 1.64. The van der Waals surface area contributed by atoms with Gasteiger partial charge in [0.05, 0.1) is 28.4 Å². The maximum Gasteiger partial charge on any atom is 0.419 e. The van der Waals surface area contributed by atoms with Crippen molar-refractivity contribution < 1.29 is 22.8 Å². The first-order valence-electron chi connectivity index (χ1n) is 9.86. The maximum absolute atomic E-state index is 13.6. The van der Waals surface area contributed by atoms with E-state index >= 15 is 0 Å². The number of nitrogens with two attached hydrogens (primary N) is 1. The fourth-order valence-corrected chi connectivity index (χ4v) is 3.85. The van der Waals surface area contributed by atoms with Crippen LogP contribution in [0, 0.1) is 0 Å².